The molecule has 0 heterocycles. The summed E-state index contributed by atoms with van der Waals surface area (Å²) in [5, 5.41) is 0. The minimum absolute atomic E-state index is 0.349. The monoisotopic (exact) mass is 291 g/mol. The molecule has 3 nitrogen and oxygen atoms in total. The predicted molar refractivity (Wildman–Crippen MR) is 62.9 cm³/mol. The molecule has 5 heteroatoms. The number of rotatable bonds is 6. The van der Waals surface area contributed by atoms with E-state index in [0.29, 0.717) is 6.61 Å². The molecule has 0 fully saturated rings. The van der Waals surface area contributed by atoms with Gasteiger partial charge in [0.15, 0.2) is 0 Å². The van der Waals surface area contributed by atoms with Gasteiger partial charge in [0.05, 0.1) is 0 Å². The summed E-state index contributed by atoms with van der Waals surface area (Å²) in [5.74, 6) is 0. The van der Waals surface area contributed by atoms with Gasteiger partial charge in [-0.15, -0.1) is 9.42 Å². The van der Waals surface area contributed by atoms with Gasteiger partial charge in [-0.1, -0.05) is 28.1 Å². The lowest BCUT2D eigenvalue weighted by molar-refractivity contribution is 0.275. The molecule has 0 radical (unpaired) electrons. The number of benzene rings is 1. The van der Waals surface area contributed by atoms with Crippen molar-refractivity contribution in [1.29, 1.82) is 0 Å². The predicted octanol–water partition coefficient (Wildman–Crippen LogP) is 3.44. The van der Waals surface area contributed by atoms with Crippen molar-refractivity contribution in [2.45, 2.75) is 19.3 Å². The van der Waals surface area contributed by atoms with Crippen LogP contribution in [0.15, 0.2) is 28.7 Å². The first-order valence-corrected chi connectivity index (χ1v) is 6.64. The zero-order chi connectivity index (χ0) is 11.1. The molecular weight excluding hydrogens is 279 g/mol. The van der Waals surface area contributed by atoms with Crippen molar-refractivity contribution < 1.29 is 14.0 Å². The van der Waals surface area contributed by atoms with Crippen molar-refractivity contribution in [2.24, 2.45) is 0 Å². The molecule has 1 unspecified atom stereocenters. The molecule has 0 aromatic heterocycles. The van der Waals surface area contributed by atoms with Gasteiger partial charge in [-0.2, -0.15) is 0 Å². The standard InChI is InChI=1S/C10H12BrO3P/c11-10-6-4-9(5-7-10)3-1-2-8-14-15(12)13/h4-7H,1-3,8H2/p+1. The van der Waals surface area contributed by atoms with E-state index in [-0.39, 0.29) is 0 Å². The highest BCUT2D eigenvalue weighted by Gasteiger charge is 2.09. The third-order valence-corrected chi connectivity index (χ3v) is 2.91. The third-order valence-electron chi connectivity index (χ3n) is 1.97. The maximum Gasteiger partial charge on any atom is 0.694 e. The molecule has 82 valence electrons. The fraction of sp³-hybridized carbons (Fsp3) is 0.400. The van der Waals surface area contributed by atoms with Crippen LogP contribution >= 0.6 is 24.2 Å². The Kier molecular flexibility index (Phi) is 6.03. The van der Waals surface area contributed by atoms with E-state index >= 15 is 0 Å². The minimum atomic E-state index is -2.43. The number of halogens is 1. The van der Waals surface area contributed by atoms with Crippen LogP contribution in [0.1, 0.15) is 18.4 Å². The Balaban J connectivity index is 2.15. The largest absolute Gasteiger partial charge is 0.694 e. The number of aryl methyl sites for hydroxylation is 1. The van der Waals surface area contributed by atoms with Crippen LogP contribution in [0.4, 0.5) is 0 Å². The quantitative estimate of drug-likeness (QED) is 0.645. The van der Waals surface area contributed by atoms with Gasteiger partial charge in [0, 0.05) is 9.04 Å². The maximum atomic E-state index is 10.2. The molecule has 0 saturated heterocycles. The summed E-state index contributed by atoms with van der Waals surface area (Å²) in [4.78, 5) is 8.38. The van der Waals surface area contributed by atoms with Crippen LogP contribution in [-0.4, -0.2) is 11.5 Å². The molecule has 0 bridgehead atoms. The normalized spacial score (nSPS) is 11.5. The number of hydrogen-bond acceptors (Lipinski definition) is 2. The summed E-state index contributed by atoms with van der Waals surface area (Å²) in [7, 11) is -2.43. The summed E-state index contributed by atoms with van der Waals surface area (Å²) in [6.45, 7) is 0.349. The van der Waals surface area contributed by atoms with Crippen molar-refractivity contribution in [1.82, 2.24) is 0 Å². The Hall–Kier alpha value is -0.280. The van der Waals surface area contributed by atoms with Crippen molar-refractivity contribution in [3.63, 3.8) is 0 Å². The van der Waals surface area contributed by atoms with Crippen molar-refractivity contribution in [3.8, 4) is 0 Å². The molecule has 0 aliphatic heterocycles. The van der Waals surface area contributed by atoms with Crippen LogP contribution in [0.3, 0.4) is 0 Å². The van der Waals surface area contributed by atoms with E-state index in [0.717, 1.165) is 23.7 Å². The Morgan fingerprint density at radius 1 is 1.27 bits per heavy atom. The van der Waals surface area contributed by atoms with Crippen LogP contribution in [0.25, 0.3) is 0 Å². The second-order valence-corrected chi connectivity index (χ2v) is 4.80. The minimum Gasteiger partial charge on any atom is -0.133 e. The van der Waals surface area contributed by atoms with E-state index in [1.165, 1.54) is 5.56 Å². The van der Waals surface area contributed by atoms with E-state index in [1.807, 2.05) is 12.1 Å². The lowest BCUT2D eigenvalue weighted by Crippen LogP contribution is -1.90. The molecule has 1 rings (SSSR count). The second kappa shape index (κ2) is 7.07. The molecule has 0 amide bonds. The topological polar surface area (TPSA) is 46.5 Å². The molecule has 0 aliphatic rings. The molecule has 1 atom stereocenters. The highest BCUT2D eigenvalue weighted by Crippen LogP contribution is 2.16. The first kappa shape index (κ1) is 12.8. The number of unbranched alkanes of at least 4 members (excludes halogenated alkanes) is 1. The molecule has 1 N–H and O–H groups in total. The lowest BCUT2D eigenvalue weighted by atomic mass is 10.1. The zero-order valence-electron chi connectivity index (χ0n) is 8.23. The smallest absolute Gasteiger partial charge is 0.133 e. The lowest BCUT2D eigenvalue weighted by Gasteiger charge is -1.99. The van der Waals surface area contributed by atoms with Gasteiger partial charge in [-0.25, -0.2) is 0 Å². The van der Waals surface area contributed by atoms with E-state index in [2.05, 4.69) is 32.6 Å². The maximum absolute atomic E-state index is 10.2. The van der Waals surface area contributed by atoms with Crippen molar-refractivity contribution in [3.05, 3.63) is 34.3 Å². The van der Waals surface area contributed by atoms with Crippen LogP contribution in [0.5, 0.6) is 0 Å². The summed E-state index contributed by atoms with van der Waals surface area (Å²) in [6, 6.07) is 8.15. The van der Waals surface area contributed by atoms with Crippen molar-refractivity contribution in [2.75, 3.05) is 6.61 Å². The van der Waals surface area contributed by atoms with Crippen LogP contribution in [0.2, 0.25) is 0 Å². The molecule has 0 aliphatic carbocycles. The van der Waals surface area contributed by atoms with Gasteiger partial charge in [0.25, 0.3) is 0 Å². The first-order valence-electron chi connectivity index (χ1n) is 4.72. The van der Waals surface area contributed by atoms with E-state index in [9.17, 15) is 4.57 Å². The molecule has 1 aromatic carbocycles. The molecule has 1 aromatic rings. The zero-order valence-corrected chi connectivity index (χ0v) is 10.7. The molecule has 0 saturated carbocycles. The number of hydrogen-bond donors (Lipinski definition) is 1. The SMILES string of the molecule is O=[P+](O)OCCCCc1ccc(Br)cc1. The Labute approximate surface area is 98.5 Å². The molecule has 0 spiro atoms. The third kappa shape index (κ3) is 6.00. The van der Waals surface area contributed by atoms with Gasteiger partial charge < -0.3 is 0 Å². The average molecular weight is 292 g/mol. The highest BCUT2D eigenvalue weighted by atomic mass is 79.9. The molecular formula is C10H13BrO3P+. The van der Waals surface area contributed by atoms with Gasteiger partial charge in [0.1, 0.15) is 6.61 Å². The van der Waals surface area contributed by atoms with Gasteiger partial charge in [0.2, 0.25) is 0 Å². The summed E-state index contributed by atoms with van der Waals surface area (Å²) < 4.78 is 15.8. The van der Waals surface area contributed by atoms with Crippen LogP contribution in [-0.2, 0) is 15.5 Å². The fourth-order valence-electron chi connectivity index (χ4n) is 1.22. The average Bonchev–Trinajstić information content (AvgIpc) is 2.20. The van der Waals surface area contributed by atoms with Crippen LogP contribution in [0, 0.1) is 0 Å². The van der Waals surface area contributed by atoms with E-state index in [1.54, 1.807) is 0 Å². The van der Waals surface area contributed by atoms with Gasteiger partial charge in [-0.05, 0) is 37.0 Å². The Bertz CT molecular complexity index is 313. The summed E-state index contributed by atoms with van der Waals surface area (Å²) >= 11 is 3.37. The summed E-state index contributed by atoms with van der Waals surface area (Å²) in [5.41, 5.74) is 1.27. The fourth-order valence-corrected chi connectivity index (χ4v) is 1.77. The van der Waals surface area contributed by atoms with Gasteiger partial charge >= 0.3 is 8.25 Å². The van der Waals surface area contributed by atoms with Crippen LogP contribution < -0.4 is 0 Å². The first-order chi connectivity index (χ1) is 7.18. The second-order valence-electron chi connectivity index (χ2n) is 3.15. The summed E-state index contributed by atoms with van der Waals surface area (Å²) in [6.07, 6.45) is 2.74. The van der Waals surface area contributed by atoms with Gasteiger partial charge in [-0.3, -0.25) is 0 Å². The van der Waals surface area contributed by atoms with Crippen molar-refractivity contribution >= 4 is 24.2 Å². The van der Waals surface area contributed by atoms with E-state index < -0.39 is 8.25 Å². The Morgan fingerprint density at radius 3 is 2.53 bits per heavy atom. The molecule has 15 heavy (non-hydrogen) atoms. The highest BCUT2D eigenvalue weighted by molar-refractivity contribution is 9.10. The van der Waals surface area contributed by atoms with E-state index in [4.69, 9.17) is 4.89 Å². The Morgan fingerprint density at radius 2 is 1.93 bits per heavy atom.